The van der Waals surface area contributed by atoms with Crippen molar-refractivity contribution in [3.8, 4) is 0 Å². The monoisotopic (exact) mass is 229 g/mol. The van der Waals surface area contributed by atoms with Gasteiger partial charge >= 0.3 is 5.97 Å². The van der Waals surface area contributed by atoms with Crippen molar-refractivity contribution in [2.75, 3.05) is 6.61 Å². The highest BCUT2D eigenvalue weighted by molar-refractivity contribution is 6.16. The van der Waals surface area contributed by atoms with E-state index in [2.05, 4.69) is 5.32 Å². The van der Waals surface area contributed by atoms with Crippen LogP contribution >= 0.6 is 0 Å². The van der Waals surface area contributed by atoms with E-state index in [1.165, 1.54) is 0 Å². The molecule has 90 valence electrons. The SMILES string of the molecule is N=C(N)/C(=C\N[C@H]1CC[C@@H](CO)O1)C(=O)O. The third kappa shape index (κ3) is 3.21. The molecule has 0 unspecified atom stereocenters. The smallest absolute Gasteiger partial charge is 0.340 e. The van der Waals surface area contributed by atoms with Crippen LogP contribution in [0.4, 0.5) is 0 Å². The minimum atomic E-state index is -1.27. The number of carboxylic acid groups (broad SMARTS) is 1. The lowest BCUT2D eigenvalue weighted by Gasteiger charge is -2.12. The van der Waals surface area contributed by atoms with Crippen molar-refractivity contribution in [1.29, 1.82) is 5.41 Å². The van der Waals surface area contributed by atoms with Crippen LogP contribution in [0.5, 0.6) is 0 Å². The lowest BCUT2D eigenvalue weighted by atomic mass is 10.2. The topological polar surface area (TPSA) is 129 Å². The van der Waals surface area contributed by atoms with E-state index < -0.39 is 11.8 Å². The van der Waals surface area contributed by atoms with E-state index in [1.54, 1.807) is 0 Å². The quantitative estimate of drug-likeness (QED) is 0.233. The number of carboxylic acids is 1. The van der Waals surface area contributed by atoms with E-state index >= 15 is 0 Å². The fourth-order valence-corrected chi connectivity index (χ4v) is 1.39. The van der Waals surface area contributed by atoms with Gasteiger partial charge in [0.05, 0.1) is 12.7 Å². The molecule has 0 aliphatic carbocycles. The summed E-state index contributed by atoms with van der Waals surface area (Å²) in [6.07, 6.45) is 1.98. The fourth-order valence-electron chi connectivity index (χ4n) is 1.39. The average Bonchev–Trinajstić information content (AvgIpc) is 2.65. The van der Waals surface area contributed by atoms with Gasteiger partial charge in [-0.3, -0.25) is 5.41 Å². The molecule has 0 radical (unpaired) electrons. The van der Waals surface area contributed by atoms with E-state index in [9.17, 15) is 4.79 Å². The van der Waals surface area contributed by atoms with Crippen LogP contribution in [-0.2, 0) is 9.53 Å². The molecule has 1 aliphatic heterocycles. The Balaban J connectivity index is 2.52. The standard InChI is InChI=1S/C9H15N3O4/c10-8(11)6(9(14)15)3-12-7-2-1-5(4-13)16-7/h3,5,7,12-13H,1-2,4H2,(H3,10,11)(H,14,15)/b6-3+/t5-,7+/m0/s1. The molecule has 0 aromatic heterocycles. The Labute approximate surface area is 92.4 Å². The van der Waals surface area contributed by atoms with Gasteiger partial charge in [-0.2, -0.15) is 0 Å². The first-order chi connectivity index (χ1) is 7.54. The highest BCUT2D eigenvalue weighted by Gasteiger charge is 2.24. The zero-order valence-electron chi connectivity index (χ0n) is 8.64. The second-order valence-electron chi connectivity index (χ2n) is 3.45. The number of nitrogens with two attached hydrogens (primary N) is 1. The van der Waals surface area contributed by atoms with Crippen LogP contribution in [0.25, 0.3) is 0 Å². The Bertz CT molecular complexity index is 300. The van der Waals surface area contributed by atoms with E-state index in [1.807, 2.05) is 0 Å². The van der Waals surface area contributed by atoms with Crippen molar-refractivity contribution in [2.24, 2.45) is 5.73 Å². The van der Waals surface area contributed by atoms with Crippen molar-refractivity contribution in [3.05, 3.63) is 11.8 Å². The van der Waals surface area contributed by atoms with Gasteiger partial charge in [0.2, 0.25) is 0 Å². The summed E-state index contributed by atoms with van der Waals surface area (Å²) in [6, 6.07) is 0. The van der Waals surface area contributed by atoms with Crippen LogP contribution in [-0.4, -0.2) is 41.0 Å². The maximum Gasteiger partial charge on any atom is 0.340 e. The normalized spacial score (nSPS) is 25.4. The van der Waals surface area contributed by atoms with Crippen molar-refractivity contribution >= 4 is 11.8 Å². The summed E-state index contributed by atoms with van der Waals surface area (Å²) in [5.41, 5.74) is 4.78. The van der Waals surface area contributed by atoms with Crippen LogP contribution in [0.1, 0.15) is 12.8 Å². The third-order valence-corrected chi connectivity index (χ3v) is 2.25. The minimum absolute atomic E-state index is 0.0552. The molecule has 2 atom stereocenters. The van der Waals surface area contributed by atoms with E-state index in [-0.39, 0.29) is 24.5 Å². The molecule has 0 spiro atoms. The maximum absolute atomic E-state index is 10.7. The lowest BCUT2D eigenvalue weighted by molar-refractivity contribution is -0.132. The summed E-state index contributed by atoms with van der Waals surface area (Å²) < 4.78 is 5.31. The largest absolute Gasteiger partial charge is 0.478 e. The molecule has 0 aromatic rings. The Morgan fingerprint density at radius 2 is 2.31 bits per heavy atom. The Morgan fingerprint density at radius 3 is 2.75 bits per heavy atom. The number of rotatable bonds is 5. The minimum Gasteiger partial charge on any atom is -0.478 e. The van der Waals surface area contributed by atoms with Gasteiger partial charge < -0.3 is 26.0 Å². The van der Waals surface area contributed by atoms with Gasteiger partial charge in [-0.25, -0.2) is 4.79 Å². The molecule has 1 fully saturated rings. The van der Waals surface area contributed by atoms with Gasteiger partial charge in [-0.15, -0.1) is 0 Å². The van der Waals surface area contributed by atoms with Gasteiger partial charge in [0, 0.05) is 6.20 Å². The molecule has 0 saturated carbocycles. The molecule has 0 amide bonds. The second kappa shape index (κ2) is 5.47. The van der Waals surface area contributed by atoms with Crippen molar-refractivity contribution in [2.45, 2.75) is 25.2 Å². The first-order valence-corrected chi connectivity index (χ1v) is 4.84. The van der Waals surface area contributed by atoms with Gasteiger partial charge in [0.15, 0.2) is 0 Å². The average molecular weight is 229 g/mol. The van der Waals surface area contributed by atoms with E-state index in [0.717, 1.165) is 6.20 Å². The van der Waals surface area contributed by atoms with Crippen molar-refractivity contribution in [1.82, 2.24) is 5.32 Å². The van der Waals surface area contributed by atoms with Crippen LogP contribution in [0.2, 0.25) is 0 Å². The molecule has 1 heterocycles. The number of hydrogen-bond acceptors (Lipinski definition) is 5. The predicted molar refractivity (Wildman–Crippen MR) is 55.7 cm³/mol. The van der Waals surface area contributed by atoms with E-state index in [4.69, 9.17) is 26.1 Å². The van der Waals surface area contributed by atoms with Crippen molar-refractivity contribution in [3.63, 3.8) is 0 Å². The predicted octanol–water partition coefficient (Wildman–Crippen LogP) is -1.02. The number of carbonyl (C=O) groups is 1. The van der Waals surface area contributed by atoms with Gasteiger partial charge in [0.25, 0.3) is 0 Å². The molecule has 1 saturated heterocycles. The summed E-state index contributed by atoms with van der Waals surface area (Å²) in [6.45, 7) is -0.0552. The summed E-state index contributed by atoms with van der Waals surface area (Å²) in [5.74, 6) is -1.78. The number of aliphatic carboxylic acids is 1. The van der Waals surface area contributed by atoms with E-state index in [0.29, 0.717) is 12.8 Å². The molecule has 7 nitrogen and oxygen atoms in total. The van der Waals surface area contributed by atoms with Crippen molar-refractivity contribution < 1.29 is 19.7 Å². The first kappa shape index (κ1) is 12.5. The Hall–Kier alpha value is -1.60. The van der Waals surface area contributed by atoms with Gasteiger partial charge in [-0.1, -0.05) is 0 Å². The first-order valence-electron chi connectivity index (χ1n) is 4.84. The van der Waals surface area contributed by atoms with Gasteiger partial charge in [0.1, 0.15) is 17.6 Å². The molecule has 6 N–H and O–H groups in total. The zero-order valence-corrected chi connectivity index (χ0v) is 8.64. The Morgan fingerprint density at radius 1 is 1.62 bits per heavy atom. The summed E-state index contributed by atoms with van der Waals surface area (Å²) in [4.78, 5) is 10.7. The zero-order chi connectivity index (χ0) is 12.1. The number of amidine groups is 1. The third-order valence-electron chi connectivity index (χ3n) is 2.25. The fraction of sp³-hybridized carbons (Fsp3) is 0.556. The van der Waals surface area contributed by atoms with Gasteiger partial charge in [-0.05, 0) is 12.8 Å². The number of nitrogens with one attached hydrogen (secondary N) is 2. The highest BCUT2D eigenvalue weighted by Crippen LogP contribution is 2.17. The molecule has 0 aromatic carbocycles. The van der Waals surface area contributed by atoms with Crippen LogP contribution in [0.15, 0.2) is 11.8 Å². The summed E-state index contributed by atoms with van der Waals surface area (Å²) in [7, 11) is 0. The molecular weight excluding hydrogens is 214 g/mol. The number of aliphatic hydroxyl groups excluding tert-OH is 1. The summed E-state index contributed by atoms with van der Waals surface area (Å²) in [5, 5.41) is 27.3. The number of hydrogen-bond donors (Lipinski definition) is 5. The molecule has 1 aliphatic rings. The second-order valence-corrected chi connectivity index (χ2v) is 3.45. The summed E-state index contributed by atoms with van der Waals surface area (Å²) >= 11 is 0. The molecule has 7 heteroatoms. The van der Waals surface area contributed by atoms with Crippen LogP contribution in [0.3, 0.4) is 0 Å². The maximum atomic E-state index is 10.7. The molecule has 0 bridgehead atoms. The highest BCUT2D eigenvalue weighted by atomic mass is 16.5. The lowest BCUT2D eigenvalue weighted by Crippen LogP contribution is -2.29. The van der Waals surface area contributed by atoms with Crippen LogP contribution < -0.4 is 11.1 Å². The molecule has 16 heavy (non-hydrogen) atoms. The Kier molecular flexibility index (Phi) is 4.27. The number of aliphatic hydroxyl groups is 1. The molecule has 1 rings (SSSR count). The molecular formula is C9H15N3O4. The van der Waals surface area contributed by atoms with Crippen LogP contribution in [0, 0.1) is 5.41 Å². The number of ether oxygens (including phenoxy) is 1.